The van der Waals surface area contributed by atoms with Gasteiger partial charge in [-0.2, -0.15) is 0 Å². The molecule has 0 saturated heterocycles. The van der Waals surface area contributed by atoms with E-state index >= 15 is 0 Å². The summed E-state index contributed by atoms with van der Waals surface area (Å²) in [4.78, 5) is 12.1. The van der Waals surface area contributed by atoms with E-state index in [0.29, 0.717) is 17.1 Å². The highest BCUT2D eigenvalue weighted by Gasteiger charge is 2.14. The summed E-state index contributed by atoms with van der Waals surface area (Å²) in [5.41, 5.74) is 0.605. The molecule has 0 aliphatic heterocycles. The van der Waals surface area contributed by atoms with Crippen LogP contribution in [-0.4, -0.2) is 26.7 Å². The molecule has 0 atom stereocenters. The number of hydrogen-bond donors (Lipinski definition) is 1. The summed E-state index contributed by atoms with van der Waals surface area (Å²) >= 11 is 0. The number of rotatable bonds is 7. The molecule has 0 bridgehead atoms. The van der Waals surface area contributed by atoms with Gasteiger partial charge in [-0.3, -0.25) is 4.79 Å². The molecule has 1 amide bonds. The number of ether oxygens (including phenoxy) is 2. The molecule has 116 valence electrons. The fourth-order valence-corrected chi connectivity index (χ4v) is 2.97. The van der Waals surface area contributed by atoms with Crippen LogP contribution >= 0.6 is 0 Å². The normalized spacial score (nSPS) is 15.0. The number of hydrogen-bond acceptors (Lipinski definition) is 3. The van der Waals surface area contributed by atoms with Gasteiger partial charge in [0.2, 0.25) is 0 Å². The predicted molar refractivity (Wildman–Crippen MR) is 83.1 cm³/mol. The SMILES string of the molecule is COc1ccc(C(=O)NCCCC2CCCC2)cc1OC. The van der Waals surface area contributed by atoms with Gasteiger partial charge in [-0.15, -0.1) is 0 Å². The first kappa shape index (κ1) is 15.7. The van der Waals surface area contributed by atoms with Gasteiger partial charge in [0.05, 0.1) is 14.2 Å². The van der Waals surface area contributed by atoms with Crippen LogP contribution in [-0.2, 0) is 0 Å². The average molecular weight is 291 g/mol. The largest absolute Gasteiger partial charge is 0.493 e. The third kappa shape index (κ3) is 4.38. The summed E-state index contributed by atoms with van der Waals surface area (Å²) in [5, 5.41) is 2.98. The molecule has 1 aliphatic carbocycles. The lowest BCUT2D eigenvalue weighted by atomic mass is 10.0. The van der Waals surface area contributed by atoms with Crippen LogP contribution in [0.15, 0.2) is 18.2 Å². The molecule has 0 aromatic heterocycles. The van der Waals surface area contributed by atoms with Crippen LogP contribution in [0.2, 0.25) is 0 Å². The molecule has 4 nitrogen and oxygen atoms in total. The molecule has 4 heteroatoms. The monoisotopic (exact) mass is 291 g/mol. The Hall–Kier alpha value is -1.71. The highest BCUT2D eigenvalue weighted by Crippen LogP contribution is 2.29. The molecule has 0 spiro atoms. The predicted octanol–water partition coefficient (Wildman–Crippen LogP) is 3.40. The van der Waals surface area contributed by atoms with Crippen molar-refractivity contribution in [1.82, 2.24) is 5.32 Å². The molecular weight excluding hydrogens is 266 g/mol. The van der Waals surface area contributed by atoms with Gasteiger partial charge in [0.15, 0.2) is 11.5 Å². The highest BCUT2D eigenvalue weighted by molar-refractivity contribution is 5.94. The Morgan fingerprint density at radius 1 is 1.19 bits per heavy atom. The maximum Gasteiger partial charge on any atom is 0.251 e. The van der Waals surface area contributed by atoms with Crippen molar-refractivity contribution in [2.24, 2.45) is 5.92 Å². The minimum Gasteiger partial charge on any atom is -0.493 e. The maximum absolute atomic E-state index is 12.1. The van der Waals surface area contributed by atoms with Crippen LogP contribution in [0.25, 0.3) is 0 Å². The zero-order valence-electron chi connectivity index (χ0n) is 13.0. The lowest BCUT2D eigenvalue weighted by Gasteiger charge is -2.11. The van der Waals surface area contributed by atoms with E-state index in [-0.39, 0.29) is 5.91 Å². The Bertz CT molecular complexity index is 467. The second-order valence-corrected chi connectivity index (χ2v) is 5.62. The maximum atomic E-state index is 12.1. The van der Waals surface area contributed by atoms with Gasteiger partial charge in [0, 0.05) is 12.1 Å². The Labute approximate surface area is 126 Å². The van der Waals surface area contributed by atoms with Crippen LogP contribution in [0.4, 0.5) is 0 Å². The first-order valence-electron chi connectivity index (χ1n) is 7.75. The van der Waals surface area contributed by atoms with E-state index in [1.54, 1.807) is 32.4 Å². The second kappa shape index (κ2) is 7.91. The zero-order chi connectivity index (χ0) is 15.1. The van der Waals surface area contributed by atoms with Gasteiger partial charge in [0.25, 0.3) is 5.91 Å². The van der Waals surface area contributed by atoms with Gasteiger partial charge >= 0.3 is 0 Å². The van der Waals surface area contributed by atoms with Crippen LogP contribution < -0.4 is 14.8 Å². The lowest BCUT2D eigenvalue weighted by molar-refractivity contribution is 0.0952. The number of carbonyl (C=O) groups is 1. The first-order chi connectivity index (χ1) is 10.2. The van der Waals surface area contributed by atoms with Crippen molar-refractivity contribution >= 4 is 5.91 Å². The standard InChI is InChI=1S/C17H25NO3/c1-20-15-10-9-14(12-16(15)21-2)17(19)18-11-5-8-13-6-3-4-7-13/h9-10,12-13H,3-8,11H2,1-2H3,(H,18,19). The van der Waals surface area contributed by atoms with E-state index in [1.807, 2.05) is 0 Å². The Balaban J connectivity index is 1.79. The minimum atomic E-state index is -0.0534. The quantitative estimate of drug-likeness (QED) is 0.783. The average Bonchev–Trinajstić information content (AvgIpc) is 3.04. The molecule has 21 heavy (non-hydrogen) atoms. The molecule has 1 fully saturated rings. The summed E-state index contributed by atoms with van der Waals surface area (Å²) in [6.45, 7) is 0.740. The minimum absolute atomic E-state index is 0.0534. The smallest absolute Gasteiger partial charge is 0.251 e. The Morgan fingerprint density at radius 2 is 1.90 bits per heavy atom. The first-order valence-corrected chi connectivity index (χ1v) is 7.75. The summed E-state index contributed by atoms with van der Waals surface area (Å²) in [6, 6.07) is 5.23. The van der Waals surface area contributed by atoms with E-state index in [1.165, 1.54) is 32.1 Å². The van der Waals surface area contributed by atoms with Crippen molar-refractivity contribution in [2.45, 2.75) is 38.5 Å². The number of nitrogens with one attached hydrogen (secondary N) is 1. The number of carbonyl (C=O) groups excluding carboxylic acids is 1. The number of amides is 1. The summed E-state index contributed by atoms with van der Waals surface area (Å²) in [6.07, 6.45) is 7.77. The lowest BCUT2D eigenvalue weighted by Crippen LogP contribution is -2.24. The molecule has 1 aromatic rings. The van der Waals surface area contributed by atoms with E-state index in [0.717, 1.165) is 18.9 Å². The molecule has 2 rings (SSSR count). The van der Waals surface area contributed by atoms with Crippen LogP contribution in [0.3, 0.4) is 0 Å². The number of methoxy groups -OCH3 is 2. The third-order valence-electron chi connectivity index (χ3n) is 4.20. The zero-order valence-corrected chi connectivity index (χ0v) is 13.0. The molecule has 1 aliphatic rings. The van der Waals surface area contributed by atoms with Crippen molar-refractivity contribution in [3.8, 4) is 11.5 Å². The van der Waals surface area contributed by atoms with E-state index in [9.17, 15) is 4.79 Å². The third-order valence-corrected chi connectivity index (χ3v) is 4.20. The van der Waals surface area contributed by atoms with E-state index in [2.05, 4.69) is 5.32 Å². The van der Waals surface area contributed by atoms with Gasteiger partial charge in [0.1, 0.15) is 0 Å². The molecule has 0 radical (unpaired) electrons. The fraction of sp³-hybridized carbons (Fsp3) is 0.588. The molecule has 0 heterocycles. The number of benzene rings is 1. The second-order valence-electron chi connectivity index (χ2n) is 5.62. The topological polar surface area (TPSA) is 47.6 Å². The molecule has 1 N–H and O–H groups in total. The summed E-state index contributed by atoms with van der Waals surface area (Å²) < 4.78 is 10.4. The molecule has 1 saturated carbocycles. The van der Waals surface area contributed by atoms with Gasteiger partial charge in [-0.25, -0.2) is 0 Å². The van der Waals surface area contributed by atoms with Crippen molar-refractivity contribution < 1.29 is 14.3 Å². The Kier molecular flexibility index (Phi) is 5.90. The molecule has 0 unspecified atom stereocenters. The van der Waals surface area contributed by atoms with Crippen LogP contribution in [0.1, 0.15) is 48.9 Å². The van der Waals surface area contributed by atoms with Gasteiger partial charge in [-0.1, -0.05) is 25.7 Å². The van der Waals surface area contributed by atoms with Gasteiger partial charge in [-0.05, 0) is 37.0 Å². The highest BCUT2D eigenvalue weighted by atomic mass is 16.5. The molecule has 1 aromatic carbocycles. The fourth-order valence-electron chi connectivity index (χ4n) is 2.97. The van der Waals surface area contributed by atoms with Crippen molar-refractivity contribution in [3.05, 3.63) is 23.8 Å². The molecular formula is C17H25NO3. The van der Waals surface area contributed by atoms with E-state index < -0.39 is 0 Å². The van der Waals surface area contributed by atoms with Crippen molar-refractivity contribution in [2.75, 3.05) is 20.8 Å². The van der Waals surface area contributed by atoms with Gasteiger partial charge < -0.3 is 14.8 Å². The summed E-state index contributed by atoms with van der Waals surface area (Å²) in [5.74, 6) is 2.04. The Morgan fingerprint density at radius 3 is 2.57 bits per heavy atom. The van der Waals surface area contributed by atoms with Crippen LogP contribution in [0.5, 0.6) is 11.5 Å². The summed E-state index contributed by atoms with van der Waals surface area (Å²) in [7, 11) is 3.15. The van der Waals surface area contributed by atoms with E-state index in [4.69, 9.17) is 9.47 Å². The van der Waals surface area contributed by atoms with Crippen molar-refractivity contribution in [3.63, 3.8) is 0 Å². The van der Waals surface area contributed by atoms with Crippen LogP contribution in [0, 0.1) is 5.92 Å². The van der Waals surface area contributed by atoms with Crippen molar-refractivity contribution in [1.29, 1.82) is 0 Å².